The minimum absolute atomic E-state index is 0.142. The Hall–Kier alpha value is -2.98. The van der Waals surface area contributed by atoms with Crippen LogP contribution < -0.4 is 9.47 Å². The van der Waals surface area contributed by atoms with Gasteiger partial charge in [-0.05, 0) is 35.9 Å². The second-order valence-electron chi connectivity index (χ2n) is 5.60. The zero-order chi connectivity index (χ0) is 18.4. The van der Waals surface area contributed by atoms with Gasteiger partial charge in [0.2, 0.25) is 0 Å². The Morgan fingerprint density at radius 3 is 2.19 bits per heavy atom. The van der Waals surface area contributed by atoms with Crippen molar-refractivity contribution in [3.8, 4) is 17.2 Å². The lowest BCUT2D eigenvalue weighted by molar-refractivity contribution is -0.145. The molecule has 0 radical (unpaired) electrons. The Balaban J connectivity index is 1.81. The van der Waals surface area contributed by atoms with E-state index < -0.39 is 12.1 Å². The fourth-order valence-corrected chi connectivity index (χ4v) is 2.64. The highest BCUT2D eigenvalue weighted by atomic mass is 35.5. The van der Waals surface area contributed by atoms with Crippen molar-refractivity contribution >= 4 is 17.6 Å². The number of ether oxygens (including phenoxy) is 2. The van der Waals surface area contributed by atoms with Crippen LogP contribution in [0.2, 0.25) is 5.02 Å². The second kappa shape index (κ2) is 8.41. The Bertz CT molecular complexity index is 880. The van der Waals surface area contributed by atoms with Crippen LogP contribution in [0.1, 0.15) is 5.56 Å². The summed E-state index contributed by atoms with van der Waals surface area (Å²) in [6.45, 7) is 0. The molecule has 26 heavy (non-hydrogen) atoms. The third-order valence-electron chi connectivity index (χ3n) is 3.73. The first-order chi connectivity index (χ1) is 12.6. The smallest absolute Gasteiger partial charge is 0.345 e. The number of carboxylic acid groups (broad SMARTS) is 1. The molecule has 0 unspecified atom stereocenters. The average molecular weight is 369 g/mol. The van der Waals surface area contributed by atoms with Crippen molar-refractivity contribution < 1.29 is 19.4 Å². The third kappa shape index (κ3) is 4.55. The van der Waals surface area contributed by atoms with Crippen LogP contribution in [0.5, 0.6) is 17.2 Å². The Morgan fingerprint density at radius 1 is 0.885 bits per heavy atom. The zero-order valence-electron chi connectivity index (χ0n) is 13.8. The van der Waals surface area contributed by atoms with Crippen molar-refractivity contribution in [3.63, 3.8) is 0 Å². The fourth-order valence-electron chi connectivity index (χ4n) is 2.46. The molecule has 0 amide bonds. The number of benzene rings is 3. The van der Waals surface area contributed by atoms with E-state index >= 15 is 0 Å². The standard InChI is InChI=1S/C21H17ClO4/c22-17-11-5-7-13-19(17)26-20(21(23)24)14-15-8-4-6-12-18(15)25-16-9-2-1-3-10-16/h1-13,20H,14H2,(H,23,24)/t20-/m1/s1. The van der Waals surface area contributed by atoms with Gasteiger partial charge in [0, 0.05) is 6.42 Å². The molecule has 0 saturated heterocycles. The molecule has 3 aromatic rings. The van der Waals surface area contributed by atoms with Crippen LogP contribution in [0, 0.1) is 0 Å². The van der Waals surface area contributed by atoms with E-state index in [1.807, 2.05) is 48.5 Å². The molecule has 0 spiro atoms. The highest BCUT2D eigenvalue weighted by Gasteiger charge is 2.23. The number of aliphatic carboxylic acids is 1. The van der Waals surface area contributed by atoms with Gasteiger partial charge in [0.15, 0.2) is 6.10 Å². The minimum Gasteiger partial charge on any atom is -0.478 e. The molecule has 0 fully saturated rings. The predicted molar refractivity (Wildman–Crippen MR) is 100 cm³/mol. The van der Waals surface area contributed by atoms with Gasteiger partial charge in [0.05, 0.1) is 5.02 Å². The van der Waals surface area contributed by atoms with Gasteiger partial charge in [-0.25, -0.2) is 4.79 Å². The van der Waals surface area contributed by atoms with Gasteiger partial charge in [-0.1, -0.05) is 60.1 Å². The summed E-state index contributed by atoms with van der Waals surface area (Å²) in [7, 11) is 0. The van der Waals surface area contributed by atoms with Crippen LogP contribution in [-0.4, -0.2) is 17.2 Å². The first-order valence-electron chi connectivity index (χ1n) is 8.08. The van der Waals surface area contributed by atoms with Crippen LogP contribution in [0.3, 0.4) is 0 Å². The Kier molecular flexibility index (Phi) is 5.77. The van der Waals surface area contributed by atoms with Crippen LogP contribution in [-0.2, 0) is 11.2 Å². The maximum Gasteiger partial charge on any atom is 0.345 e. The molecule has 3 rings (SSSR count). The van der Waals surface area contributed by atoms with Crippen molar-refractivity contribution in [1.82, 2.24) is 0 Å². The first-order valence-corrected chi connectivity index (χ1v) is 8.46. The van der Waals surface area contributed by atoms with Gasteiger partial charge in [-0.2, -0.15) is 0 Å². The number of rotatable bonds is 7. The highest BCUT2D eigenvalue weighted by molar-refractivity contribution is 6.32. The van der Waals surface area contributed by atoms with Crippen LogP contribution in [0.15, 0.2) is 78.9 Å². The van der Waals surface area contributed by atoms with Crippen LogP contribution >= 0.6 is 11.6 Å². The molecule has 5 heteroatoms. The number of halogens is 1. The predicted octanol–water partition coefficient (Wildman–Crippen LogP) is 5.21. The Labute approximate surface area is 156 Å². The molecule has 1 atom stereocenters. The van der Waals surface area contributed by atoms with E-state index in [4.69, 9.17) is 21.1 Å². The average Bonchev–Trinajstić information content (AvgIpc) is 2.65. The summed E-state index contributed by atoms with van der Waals surface area (Å²) < 4.78 is 11.5. The molecule has 0 heterocycles. The number of carboxylic acids is 1. The van der Waals surface area contributed by atoms with Crippen molar-refractivity contribution in [1.29, 1.82) is 0 Å². The minimum atomic E-state index is -1.09. The number of para-hydroxylation sites is 3. The molecule has 1 N–H and O–H groups in total. The van der Waals surface area contributed by atoms with Gasteiger partial charge in [0.25, 0.3) is 0 Å². The highest BCUT2D eigenvalue weighted by Crippen LogP contribution is 2.29. The van der Waals surface area contributed by atoms with E-state index in [9.17, 15) is 9.90 Å². The number of hydrogen-bond donors (Lipinski definition) is 1. The van der Waals surface area contributed by atoms with Crippen molar-refractivity contribution in [3.05, 3.63) is 89.4 Å². The molecule has 4 nitrogen and oxygen atoms in total. The molecule has 0 aliphatic carbocycles. The SMILES string of the molecule is O=C(O)[C@@H](Cc1ccccc1Oc1ccccc1)Oc1ccccc1Cl. The summed E-state index contributed by atoms with van der Waals surface area (Å²) in [4.78, 5) is 11.7. The quantitative estimate of drug-likeness (QED) is 0.622. The van der Waals surface area contributed by atoms with Gasteiger partial charge in [0.1, 0.15) is 17.2 Å². The molecular weight excluding hydrogens is 352 g/mol. The summed E-state index contributed by atoms with van der Waals surface area (Å²) >= 11 is 6.07. The maximum atomic E-state index is 11.7. The van der Waals surface area contributed by atoms with Gasteiger partial charge < -0.3 is 14.6 Å². The lowest BCUT2D eigenvalue weighted by Gasteiger charge is -2.18. The summed E-state index contributed by atoms with van der Waals surface area (Å²) in [6, 6.07) is 23.4. The topological polar surface area (TPSA) is 55.8 Å². The van der Waals surface area contributed by atoms with Gasteiger partial charge in [-0.15, -0.1) is 0 Å². The lowest BCUT2D eigenvalue weighted by atomic mass is 10.1. The van der Waals surface area contributed by atoms with E-state index in [2.05, 4.69) is 0 Å². The number of hydrogen-bond acceptors (Lipinski definition) is 3. The van der Waals surface area contributed by atoms with Crippen LogP contribution in [0.25, 0.3) is 0 Å². The van der Waals surface area contributed by atoms with Gasteiger partial charge in [-0.3, -0.25) is 0 Å². The normalized spacial score (nSPS) is 11.6. The molecule has 0 aliphatic rings. The summed E-state index contributed by atoms with van der Waals surface area (Å²) in [5.41, 5.74) is 0.732. The number of carbonyl (C=O) groups is 1. The summed E-state index contributed by atoms with van der Waals surface area (Å²) in [5, 5.41) is 9.93. The monoisotopic (exact) mass is 368 g/mol. The molecule has 132 valence electrons. The van der Waals surface area contributed by atoms with E-state index in [0.717, 1.165) is 5.56 Å². The fraction of sp³-hybridized carbons (Fsp3) is 0.0952. The molecular formula is C21H17ClO4. The second-order valence-corrected chi connectivity index (χ2v) is 6.01. The first kappa shape index (κ1) is 17.8. The molecule has 0 bridgehead atoms. The van der Waals surface area contributed by atoms with E-state index in [1.54, 1.807) is 30.3 Å². The zero-order valence-corrected chi connectivity index (χ0v) is 14.6. The summed E-state index contributed by atoms with van der Waals surface area (Å²) in [5.74, 6) is 0.536. The van der Waals surface area contributed by atoms with Crippen LogP contribution in [0.4, 0.5) is 0 Å². The molecule has 0 aliphatic heterocycles. The van der Waals surface area contributed by atoms with E-state index in [0.29, 0.717) is 22.3 Å². The molecule has 0 aromatic heterocycles. The van der Waals surface area contributed by atoms with E-state index in [1.165, 1.54) is 0 Å². The summed E-state index contributed by atoms with van der Waals surface area (Å²) in [6.07, 6.45) is -0.945. The van der Waals surface area contributed by atoms with Crippen molar-refractivity contribution in [2.45, 2.75) is 12.5 Å². The molecule has 3 aromatic carbocycles. The Morgan fingerprint density at radius 2 is 1.50 bits per heavy atom. The van der Waals surface area contributed by atoms with Gasteiger partial charge >= 0.3 is 5.97 Å². The van der Waals surface area contributed by atoms with E-state index in [-0.39, 0.29) is 6.42 Å². The lowest BCUT2D eigenvalue weighted by Crippen LogP contribution is -2.29. The largest absolute Gasteiger partial charge is 0.478 e. The van der Waals surface area contributed by atoms with Crippen molar-refractivity contribution in [2.75, 3.05) is 0 Å². The molecule has 0 saturated carbocycles. The van der Waals surface area contributed by atoms with Crippen molar-refractivity contribution in [2.24, 2.45) is 0 Å². The maximum absolute atomic E-state index is 11.7. The third-order valence-corrected chi connectivity index (χ3v) is 4.04.